The number of fused-ring (bicyclic) bond motifs is 3. The number of phenols is 1. The lowest BCUT2D eigenvalue weighted by Crippen LogP contribution is -2.73. The van der Waals surface area contributed by atoms with Crippen LogP contribution in [-0.2, 0) is 20.8 Å². The van der Waals surface area contributed by atoms with Crippen LogP contribution in [0.25, 0.3) is 23.0 Å². The molecule has 0 saturated heterocycles. The Morgan fingerprint density at radius 2 is 1.79 bits per heavy atom. The average Bonchev–Trinajstić information content (AvgIpc) is 3.35. The molecule has 1 amide bonds. The molecule has 4 aliphatic rings. The summed E-state index contributed by atoms with van der Waals surface area (Å²) >= 11 is 0. The van der Waals surface area contributed by atoms with Gasteiger partial charge in [-0.15, -0.1) is 0 Å². The number of nitrogens with zero attached hydrogens (tertiary/aromatic N) is 1. The van der Waals surface area contributed by atoms with Crippen LogP contribution < -0.4 is 5.73 Å². The third-order valence-electron chi connectivity index (χ3n) is 10.3. The maximum Gasteiger partial charge on any atom is 0.230 e. The topological polar surface area (TPSA) is 161 Å². The van der Waals surface area contributed by atoms with Gasteiger partial charge in [-0.05, 0) is 86.4 Å². The zero-order chi connectivity index (χ0) is 31.0. The maximum atomic E-state index is 14.0. The molecular formula is C34H38N2O7. The number of aromatic hydroxyl groups is 1. The minimum absolute atomic E-state index is 0.0813. The standard InChI is InChI=1S/C34H38N2O7/c1-16-5-4-6-19(16)13-17-7-9-18(10-8-17)21-11-12-24(37)26-22(21)14-20-15-23-28(36(2)3)30(39)27(33(35)42)32(41)34(23,43)31(40)25(20)29(26)38/h7-13,16,20,23,27-28,30,37-39,43H,4-6,14-15H2,1-3H3,(H2,35,42)/t16?,20-,23-,27?,28-,30?,34-/m1/s1. The number of aliphatic hydroxyl groups excluding tert-OH is 2. The average molecular weight is 587 g/mol. The first-order valence-electron chi connectivity index (χ1n) is 14.9. The molecule has 0 aliphatic heterocycles. The first-order valence-corrected chi connectivity index (χ1v) is 14.9. The molecule has 7 atom stereocenters. The molecule has 226 valence electrons. The van der Waals surface area contributed by atoms with Gasteiger partial charge in [0.15, 0.2) is 11.4 Å². The van der Waals surface area contributed by atoms with E-state index in [1.807, 2.05) is 24.3 Å². The molecule has 43 heavy (non-hydrogen) atoms. The summed E-state index contributed by atoms with van der Waals surface area (Å²) in [4.78, 5) is 41.3. The highest BCUT2D eigenvalue weighted by Crippen LogP contribution is 2.53. The van der Waals surface area contributed by atoms with E-state index in [0.29, 0.717) is 11.5 Å². The van der Waals surface area contributed by atoms with Crippen molar-refractivity contribution < 1.29 is 34.8 Å². The largest absolute Gasteiger partial charge is 0.507 e. The summed E-state index contributed by atoms with van der Waals surface area (Å²) in [5, 5.41) is 45.2. The molecule has 3 unspecified atom stereocenters. The third-order valence-corrected chi connectivity index (χ3v) is 10.3. The molecule has 6 N–H and O–H groups in total. The van der Waals surface area contributed by atoms with Gasteiger partial charge in [0.05, 0.1) is 11.7 Å². The number of phenolic OH excluding ortho intramolecular Hbond substituents is 1. The van der Waals surface area contributed by atoms with Gasteiger partial charge in [0.25, 0.3) is 0 Å². The Labute approximate surface area is 250 Å². The number of allylic oxidation sites excluding steroid dienone is 1. The second-order valence-corrected chi connectivity index (χ2v) is 12.9. The normalized spacial score (nSPS) is 33.0. The SMILES string of the molecule is CC1CCCC1=Cc1ccc(-c2ccc(O)c3c2C[C@@H]2C[C@@H]4[C@@H](N(C)C)C(O)C(C(N)=O)C(=O)[C@]4(O)C(=O)C2=C3O)cc1. The molecule has 3 fully saturated rings. The van der Waals surface area contributed by atoms with Crippen LogP contribution >= 0.6 is 0 Å². The van der Waals surface area contributed by atoms with E-state index in [1.165, 1.54) is 24.5 Å². The Balaban J connectivity index is 1.44. The molecule has 2 aromatic rings. The number of primary amides is 1. The smallest absolute Gasteiger partial charge is 0.230 e. The van der Waals surface area contributed by atoms with Gasteiger partial charge in [0, 0.05) is 17.5 Å². The Morgan fingerprint density at radius 3 is 2.40 bits per heavy atom. The molecule has 0 spiro atoms. The van der Waals surface area contributed by atoms with Crippen LogP contribution in [0.5, 0.6) is 5.75 Å². The number of ketones is 2. The lowest BCUT2D eigenvalue weighted by atomic mass is 9.54. The molecule has 0 aromatic heterocycles. The summed E-state index contributed by atoms with van der Waals surface area (Å²) in [7, 11) is 3.27. The van der Waals surface area contributed by atoms with Crippen molar-refractivity contribution in [3.8, 4) is 16.9 Å². The third kappa shape index (κ3) is 4.36. The lowest BCUT2D eigenvalue weighted by Gasteiger charge is -2.53. The molecule has 2 aromatic carbocycles. The van der Waals surface area contributed by atoms with Gasteiger partial charge < -0.3 is 31.1 Å². The quantitative estimate of drug-likeness (QED) is 0.342. The van der Waals surface area contributed by atoms with E-state index in [1.54, 1.807) is 25.1 Å². The number of hydrogen-bond acceptors (Lipinski definition) is 8. The van der Waals surface area contributed by atoms with E-state index in [9.17, 15) is 34.8 Å². The van der Waals surface area contributed by atoms with Crippen molar-refractivity contribution in [1.29, 1.82) is 0 Å². The minimum Gasteiger partial charge on any atom is -0.507 e. The number of aliphatic hydroxyl groups is 3. The number of rotatable bonds is 4. The van der Waals surface area contributed by atoms with E-state index in [4.69, 9.17) is 5.73 Å². The number of carbonyl (C=O) groups excluding carboxylic acids is 3. The fourth-order valence-corrected chi connectivity index (χ4v) is 8.11. The van der Waals surface area contributed by atoms with Crippen molar-refractivity contribution in [2.24, 2.45) is 29.4 Å². The summed E-state index contributed by atoms with van der Waals surface area (Å²) < 4.78 is 0. The zero-order valence-corrected chi connectivity index (χ0v) is 24.6. The van der Waals surface area contributed by atoms with Crippen molar-refractivity contribution in [3.63, 3.8) is 0 Å². The van der Waals surface area contributed by atoms with Gasteiger partial charge in [-0.3, -0.25) is 14.4 Å². The van der Waals surface area contributed by atoms with Crippen molar-refractivity contribution in [1.82, 2.24) is 4.90 Å². The Kier molecular flexibility index (Phi) is 7.11. The van der Waals surface area contributed by atoms with Gasteiger partial charge in [-0.25, -0.2) is 0 Å². The minimum atomic E-state index is -2.67. The number of benzene rings is 2. The fourth-order valence-electron chi connectivity index (χ4n) is 8.11. The van der Waals surface area contributed by atoms with Gasteiger partial charge >= 0.3 is 0 Å². The predicted molar refractivity (Wildman–Crippen MR) is 161 cm³/mol. The molecule has 3 saturated carbocycles. The molecular weight excluding hydrogens is 548 g/mol. The van der Waals surface area contributed by atoms with Crippen LogP contribution in [-0.4, -0.2) is 74.6 Å². The Bertz CT molecular complexity index is 1590. The summed E-state index contributed by atoms with van der Waals surface area (Å²) in [6, 6.07) is 10.4. The Hall–Kier alpha value is -3.79. The summed E-state index contributed by atoms with van der Waals surface area (Å²) in [5.74, 6) is -6.90. The number of amides is 1. The highest BCUT2D eigenvalue weighted by Gasteiger charge is 2.67. The van der Waals surface area contributed by atoms with Gasteiger partial charge in [-0.1, -0.05) is 48.9 Å². The highest BCUT2D eigenvalue weighted by atomic mass is 16.3. The maximum absolute atomic E-state index is 14.0. The number of likely N-dealkylation sites (N-methyl/N-ethyl adjacent to an activating group) is 1. The van der Waals surface area contributed by atoms with E-state index >= 15 is 0 Å². The van der Waals surface area contributed by atoms with Crippen LogP contribution in [0.3, 0.4) is 0 Å². The molecule has 6 rings (SSSR count). The Morgan fingerprint density at radius 1 is 1.09 bits per heavy atom. The van der Waals surface area contributed by atoms with Crippen LogP contribution in [0.4, 0.5) is 0 Å². The lowest BCUT2D eigenvalue weighted by molar-refractivity contribution is -0.184. The second kappa shape index (κ2) is 10.4. The highest BCUT2D eigenvalue weighted by molar-refractivity contribution is 6.25. The summed E-state index contributed by atoms with van der Waals surface area (Å²) in [6.07, 6.45) is 4.58. The van der Waals surface area contributed by atoms with E-state index in [2.05, 4.69) is 13.0 Å². The van der Waals surface area contributed by atoms with E-state index < -0.39 is 58.7 Å². The molecule has 0 bridgehead atoms. The van der Waals surface area contributed by atoms with Crippen LogP contribution in [0.15, 0.2) is 47.5 Å². The zero-order valence-electron chi connectivity index (χ0n) is 24.6. The van der Waals surface area contributed by atoms with Gasteiger partial charge in [0.1, 0.15) is 17.4 Å². The first-order chi connectivity index (χ1) is 20.4. The predicted octanol–water partition coefficient (Wildman–Crippen LogP) is 3.00. The summed E-state index contributed by atoms with van der Waals surface area (Å²) in [5.41, 5.74) is 7.59. The number of hydrogen-bond donors (Lipinski definition) is 5. The van der Waals surface area contributed by atoms with Crippen LogP contribution in [0.1, 0.15) is 49.3 Å². The number of carbonyl (C=O) groups is 3. The molecule has 9 heteroatoms. The number of Topliss-reactive ketones (excluding diaryl/α,β-unsaturated/α-hetero) is 2. The van der Waals surface area contributed by atoms with Crippen LogP contribution in [0.2, 0.25) is 0 Å². The first kappa shape index (κ1) is 29.3. The van der Waals surface area contributed by atoms with E-state index in [-0.39, 0.29) is 29.7 Å². The van der Waals surface area contributed by atoms with Gasteiger partial charge in [-0.2, -0.15) is 0 Å². The van der Waals surface area contributed by atoms with E-state index in [0.717, 1.165) is 23.1 Å². The second-order valence-electron chi connectivity index (χ2n) is 12.9. The van der Waals surface area contributed by atoms with Crippen molar-refractivity contribution in [2.75, 3.05) is 14.1 Å². The van der Waals surface area contributed by atoms with Crippen LogP contribution in [0, 0.1) is 23.7 Å². The van der Waals surface area contributed by atoms with Crippen molar-refractivity contribution in [3.05, 3.63) is 64.2 Å². The molecule has 9 nitrogen and oxygen atoms in total. The molecule has 4 aliphatic carbocycles. The van der Waals surface area contributed by atoms with Crippen molar-refractivity contribution >= 4 is 29.3 Å². The van der Waals surface area contributed by atoms with Gasteiger partial charge in [0.2, 0.25) is 11.7 Å². The van der Waals surface area contributed by atoms with Crippen molar-refractivity contribution in [2.45, 2.75) is 56.8 Å². The fraction of sp³-hybridized carbons (Fsp3) is 0.441. The number of nitrogens with two attached hydrogens (primary N) is 1. The summed E-state index contributed by atoms with van der Waals surface area (Å²) in [6.45, 7) is 2.25. The monoisotopic (exact) mass is 586 g/mol. The molecule has 0 radical (unpaired) electrons. The molecule has 0 heterocycles.